The average molecular weight is 346 g/mol. The zero-order valence-electron chi connectivity index (χ0n) is 11.4. The molecule has 106 valence electrons. The van der Waals surface area contributed by atoms with Gasteiger partial charge in [0.15, 0.2) is 5.82 Å². The van der Waals surface area contributed by atoms with Crippen molar-refractivity contribution in [3.05, 3.63) is 65.7 Å². The Hall–Kier alpha value is -2.01. The van der Waals surface area contributed by atoms with Crippen molar-refractivity contribution in [2.45, 2.75) is 12.3 Å². The number of hydrogen-bond acceptors (Lipinski definition) is 2. The van der Waals surface area contributed by atoms with Crippen LogP contribution in [-0.2, 0) is 5.33 Å². The highest BCUT2D eigenvalue weighted by atomic mass is 79.9. The molecule has 0 radical (unpaired) electrons. The molecule has 3 rings (SSSR count). The van der Waals surface area contributed by atoms with Gasteiger partial charge in [-0.25, -0.2) is 4.39 Å². The van der Waals surface area contributed by atoms with Gasteiger partial charge in [0.25, 0.3) is 0 Å². The van der Waals surface area contributed by atoms with Crippen LogP contribution in [0.5, 0.6) is 0 Å². The fourth-order valence-corrected chi connectivity index (χ4v) is 2.59. The minimum atomic E-state index is -0.217. The van der Waals surface area contributed by atoms with Gasteiger partial charge in [-0.1, -0.05) is 34.1 Å². The highest BCUT2D eigenvalue weighted by molar-refractivity contribution is 9.08. The summed E-state index contributed by atoms with van der Waals surface area (Å²) in [6.45, 7) is 1.74. The van der Waals surface area contributed by atoms with E-state index < -0.39 is 0 Å². The molecule has 0 unspecified atom stereocenters. The molecule has 0 bridgehead atoms. The van der Waals surface area contributed by atoms with Gasteiger partial charge in [-0.05, 0) is 42.8 Å². The van der Waals surface area contributed by atoms with Crippen molar-refractivity contribution in [3.8, 4) is 17.1 Å². The van der Waals surface area contributed by atoms with Crippen LogP contribution in [0.25, 0.3) is 17.1 Å². The summed E-state index contributed by atoms with van der Waals surface area (Å²) in [5, 5.41) is 9.07. The van der Waals surface area contributed by atoms with Gasteiger partial charge in [0.1, 0.15) is 11.6 Å². The summed E-state index contributed by atoms with van der Waals surface area (Å²) in [6, 6.07) is 14.9. The Labute approximate surface area is 130 Å². The molecule has 1 aromatic heterocycles. The lowest BCUT2D eigenvalue weighted by Crippen LogP contribution is -2.01. The number of para-hydroxylation sites is 1. The Morgan fingerprint density at radius 1 is 1.10 bits per heavy atom. The molecule has 1 heterocycles. The molecule has 21 heavy (non-hydrogen) atoms. The number of halogens is 2. The van der Waals surface area contributed by atoms with E-state index >= 15 is 0 Å². The third-order valence-electron chi connectivity index (χ3n) is 3.28. The van der Waals surface area contributed by atoms with E-state index in [-0.39, 0.29) is 5.82 Å². The normalized spacial score (nSPS) is 10.8. The van der Waals surface area contributed by atoms with Gasteiger partial charge < -0.3 is 0 Å². The number of aryl methyl sites for hydroxylation is 1. The van der Waals surface area contributed by atoms with Crippen LogP contribution in [0.4, 0.5) is 4.39 Å². The highest BCUT2D eigenvalue weighted by Gasteiger charge is 2.15. The van der Waals surface area contributed by atoms with E-state index in [0.717, 1.165) is 17.1 Å². The molecule has 3 nitrogen and oxygen atoms in total. The topological polar surface area (TPSA) is 30.7 Å². The molecule has 0 spiro atoms. The predicted octanol–water partition coefficient (Wildman–Crippen LogP) is 4.28. The van der Waals surface area contributed by atoms with Crippen molar-refractivity contribution in [3.63, 3.8) is 0 Å². The van der Waals surface area contributed by atoms with Crippen LogP contribution in [0, 0.1) is 12.7 Å². The van der Waals surface area contributed by atoms with Crippen molar-refractivity contribution in [1.29, 1.82) is 0 Å². The van der Waals surface area contributed by atoms with Crippen LogP contribution in [-0.4, -0.2) is 14.8 Å². The maximum absolute atomic E-state index is 13.5. The lowest BCUT2D eigenvalue weighted by molar-refractivity contribution is 0.618. The SMILES string of the molecule is Cc1cc(-c2nnc(CBr)n2-c2ccccc2)ccc1F. The van der Waals surface area contributed by atoms with Crippen LogP contribution < -0.4 is 0 Å². The molecule has 0 saturated carbocycles. The molecule has 0 amide bonds. The Bertz CT molecular complexity index is 768. The molecule has 3 aromatic rings. The largest absolute Gasteiger partial charge is 0.278 e. The predicted molar refractivity (Wildman–Crippen MR) is 84.1 cm³/mol. The van der Waals surface area contributed by atoms with Crippen LogP contribution in [0.2, 0.25) is 0 Å². The molecular weight excluding hydrogens is 333 g/mol. The van der Waals surface area contributed by atoms with Crippen LogP contribution in [0.1, 0.15) is 11.4 Å². The lowest BCUT2D eigenvalue weighted by atomic mass is 10.1. The number of aromatic nitrogens is 3. The van der Waals surface area contributed by atoms with Gasteiger partial charge in [0, 0.05) is 11.3 Å². The van der Waals surface area contributed by atoms with Gasteiger partial charge in [-0.2, -0.15) is 0 Å². The van der Waals surface area contributed by atoms with Crippen LogP contribution in [0.3, 0.4) is 0 Å². The molecule has 0 atom stereocenters. The van der Waals surface area contributed by atoms with E-state index in [1.807, 2.05) is 34.9 Å². The van der Waals surface area contributed by atoms with Crippen molar-refractivity contribution >= 4 is 15.9 Å². The third kappa shape index (κ3) is 2.61. The first kappa shape index (κ1) is 13.9. The van der Waals surface area contributed by atoms with Gasteiger partial charge in [-0.15, -0.1) is 10.2 Å². The second kappa shape index (κ2) is 5.77. The maximum atomic E-state index is 13.5. The number of alkyl halides is 1. The summed E-state index contributed by atoms with van der Waals surface area (Å²) >= 11 is 3.43. The number of rotatable bonds is 3. The quantitative estimate of drug-likeness (QED) is 0.663. The fourth-order valence-electron chi connectivity index (χ4n) is 2.22. The second-order valence-electron chi connectivity index (χ2n) is 4.71. The molecule has 0 fully saturated rings. The molecule has 0 aliphatic carbocycles. The fraction of sp³-hybridized carbons (Fsp3) is 0.125. The van der Waals surface area contributed by atoms with Gasteiger partial charge in [-0.3, -0.25) is 4.57 Å². The summed E-state index contributed by atoms with van der Waals surface area (Å²) in [5.41, 5.74) is 2.42. The molecule has 0 N–H and O–H groups in total. The molecule has 0 aliphatic rings. The van der Waals surface area contributed by atoms with Crippen LogP contribution >= 0.6 is 15.9 Å². The Balaban J connectivity index is 2.20. The van der Waals surface area contributed by atoms with E-state index in [4.69, 9.17) is 0 Å². The molecule has 0 saturated heterocycles. The summed E-state index contributed by atoms with van der Waals surface area (Å²) in [7, 11) is 0. The number of hydrogen-bond donors (Lipinski definition) is 0. The van der Waals surface area contributed by atoms with E-state index in [1.165, 1.54) is 6.07 Å². The van der Waals surface area contributed by atoms with Gasteiger partial charge in [0.05, 0.1) is 5.33 Å². The zero-order chi connectivity index (χ0) is 14.8. The van der Waals surface area contributed by atoms with Crippen molar-refractivity contribution < 1.29 is 4.39 Å². The highest BCUT2D eigenvalue weighted by Crippen LogP contribution is 2.25. The van der Waals surface area contributed by atoms with Crippen molar-refractivity contribution in [2.75, 3.05) is 0 Å². The Morgan fingerprint density at radius 3 is 2.52 bits per heavy atom. The first-order valence-electron chi connectivity index (χ1n) is 6.53. The van der Waals surface area contributed by atoms with Crippen LogP contribution in [0.15, 0.2) is 48.5 Å². The third-order valence-corrected chi connectivity index (χ3v) is 3.78. The Kier molecular flexibility index (Phi) is 3.84. The first-order valence-corrected chi connectivity index (χ1v) is 7.65. The average Bonchev–Trinajstić information content (AvgIpc) is 2.95. The van der Waals surface area contributed by atoms with Crippen molar-refractivity contribution in [2.24, 2.45) is 0 Å². The molecule has 0 aliphatic heterocycles. The molecular formula is C16H13BrFN3. The lowest BCUT2D eigenvalue weighted by Gasteiger charge is -2.10. The van der Waals surface area contributed by atoms with E-state index in [9.17, 15) is 4.39 Å². The maximum Gasteiger partial charge on any atom is 0.168 e. The molecule has 2 aromatic carbocycles. The van der Waals surface area contributed by atoms with Gasteiger partial charge in [0.2, 0.25) is 0 Å². The van der Waals surface area contributed by atoms with Gasteiger partial charge >= 0.3 is 0 Å². The second-order valence-corrected chi connectivity index (χ2v) is 5.27. The number of benzene rings is 2. The van der Waals surface area contributed by atoms with E-state index in [1.54, 1.807) is 19.1 Å². The summed E-state index contributed by atoms with van der Waals surface area (Å²) < 4.78 is 15.4. The van der Waals surface area contributed by atoms with E-state index in [2.05, 4.69) is 26.1 Å². The van der Waals surface area contributed by atoms with Crippen molar-refractivity contribution in [1.82, 2.24) is 14.8 Å². The molecule has 5 heteroatoms. The minimum absolute atomic E-state index is 0.217. The smallest absolute Gasteiger partial charge is 0.168 e. The monoisotopic (exact) mass is 345 g/mol. The summed E-state index contributed by atoms with van der Waals surface area (Å²) in [5.74, 6) is 1.29. The first-order chi connectivity index (χ1) is 10.2. The van der Waals surface area contributed by atoms with E-state index in [0.29, 0.717) is 16.7 Å². The standard InChI is InChI=1S/C16H13BrFN3/c1-11-9-12(7-8-14(11)18)16-20-19-15(10-17)21(16)13-5-3-2-4-6-13/h2-9H,10H2,1H3. The zero-order valence-corrected chi connectivity index (χ0v) is 13.0. The minimum Gasteiger partial charge on any atom is -0.278 e. The number of nitrogens with zero attached hydrogens (tertiary/aromatic N) is 3. The Morgan fingerprint density at radius 2 is 1.86 bits per heavy atom. The summed E-state index contributed by atoms with van der Waals surface area (Å²) in [4.78, 5) is 0. The summed E-state index contributed by atoms with van der Waals surface area (Å²) in [6.07, 6.45) is 0.